The van der Waals surface area contributed by atoms with Crippen LogP contribution in [-0.2, 0) is 4.74 Å². The van der Waals surface area contributed by atoms with Crippen molar-refractivity contribution in [1.29, 1.82) is 0 Å². The van der Waals surface area contributed by atoms with Gasteiger partial charge in [0.25, 0.3) is 0 Å². The number of pyridine rings is 1. The first kappa shape index (κ1) is 11.4. The van der Waals surface area contributed by atoms with Crippen molar-refractivity contribution in [2.45, 2.75) is 19.4 Å². The summed E-state index contributed by atoms with van der Waals surface area (Å²) in [5.74, 6) is -1.15. The second-order valence-corrected chi connectivity index (χ2v) is 2.98. The summed E-state index contributed by atoms with van der Waals surface area (Å²) in [5.41, 5.74) is 0.107. The molecular formula is C11H12FNO2. The maximum Gasteiger partial charge on any atom is 0.340 e. The van der Waals surface area contributed by atoms with E-state index in [1.54, 1.807) is 0 Å². The summed E-state index contributed by atoms with van der Waals surface area (Å²) in [6.07, 6.45) is 4.12. The van der Waals surface area contributed by atoms with Gasteiger partial charge in [-0.15, -0.1) is 0 Å². The van der Waals surface area contributed by atoms with Gasteiger partial charge in [-0.3, -0.25) is 4.98 Å². The molecule has 0 bridgehead atoms. The minimum absolute atomic E-state index is 0.107. The quantitative estimate of drug-likeness (QED) is 0.564. The fourth-order valence-electron chi connectivity index (χ4n) is 1.03. The number of rotatable bonds is 4. The van der Waals surface area contributed by atoms with Crippen LogP contribution in [0.15, 0.2) is 31.1 Å². The molecule has 1 aromatic rings. The number of esters is 1. The maximum absolute atomic E-state index is 12.7. The predicted molar refractivity (Wildman–Crippen MR) is 53.9 cm³/mol. The highest BCUT2D eigenvalue weighted by molar-refractivity contribution is 5.89. The Bertz CT molecular complexity index is 365. The number of nitrogens with zero attached hydrogens (tertiary/aromatic N) is 1. The SMILES string of the molecule is C=C[C@H](CC)OC(=O)c1cncc(F)c1. The molecule has 80 valence electrons. The van der Waals surface area contributed by atoms with Gasteiger partial charge in [0.05, 0.1) is 11.8 Å². The van der Waals surface area contributed by atoms with Gasteiger partial charge in [-0.2, -0.15) is 0 Å². The lowest BCUT2D eigenvalue weighted by Crippen LogP contribution is -2.15. The van der Waals surface area contributed by atoms with Crippen molar-refractivity contribution < 1.29 is 13.9 Å². The molecule has 0 fully saturated rings. The van der Waals surface area contributed by atoms with Crippen LogP contribution in [0.3, 0.4) is 0 Å². The maximum atomic E-state index is 12.7. The summed E-state index contributed by atoms with van der Waals surface area (Å²) < 4.78 is 17.8. The van der Waals surface area contributed by atoms with Gasteiger partial charge < -0.3 is 4.74 Å². The molecule has 0 saturated heterocycles. The molecule has 0 aliphatic heterocycles. The predicted octanol–water partition coefficient (Wildman–Crippen LogP) is 2.34. The molecule has 0 unspecified atom stereocenters. The van der Waals surface area contributed by atoms with Crippen molar-refractivity contribution in [3.63, 3.8) is 0 Å². The molecule has 0 aromatic carbocycles. The Morgan fingerprint density at radius 3 is 3.00 bits per heavy atom. The van der Waals surface area contributed by atoms with Crippen LogP contribution in [-0.4, -0.2) is 17.1 Å². The largest absolute Gasteiger partial charge is 0.455 e. The molecule has 4 heteroatoms. The second kappa shape index (κ2) is 5.24. The number of aromatic nitrogens is 1. The zero-order chi connectivity index (χ0) is 11.3. The standard InChI is InChI=1S/C11H12FNO2/c1-3-10(4-2)15-11(14)8-5-9(12)7-13-6-8/h3,5-7,10H,1,4H2,2H3/t10-/m1/s1. The number of halogens is 1. The Kier molecular flexibility index (Phi) is 3.97. The van der Waals surface area contributed by atoms with Crippen LogP contribution in [0, 0.1) is 5.82 Å². The summed E-state index contributed by atoms with van der Waals surface area (Å²) in [6.45, 7) is 5.39. The van der Waals surface area contributed by atoms with Crippen LogP contribution in [0.1, 0.15) is 23.7 Å². The first-order valence-corrected chi connectivity index (χ1v) is 4.61. The van der Waals surface area contributed by atoms with Crippen molar-refractivity contribution in [3.8, 4) is 0 Å². The minimum Gasteiger partial charge on any atom is -0.455 e. The van der Waals surface area contributed by atoms with E-state index in [-0.39, 0.29) is 11.7 Å². The zero-order valence-corrected chi connectivity index (χ0v) is 8.44. The van der Waals surface area contributed by atoms with Crippen molar-refractivity contribution in [2.75, 3.05) is 0 Å². The summed E-state index contributed by atoms with van der Waals surface area (Å²) in [4.78, 5) is 15.0. The first-order chi connectivity index (χ1) is 7.17. The number of carbonyl (C=O) groups excluding carboxylic acids is 1. The highest BCUT2D eigenvalue weighted by Gasteiger charge is 2.12. The molecule has 1 heterocycles. The molecule has 0 amide bonds. The first-order valence-electron chi connectivity index (χ1n) is 4.61. The monoisotopic (exact) mass is 209 g/mol. The Morgan fingerprint density at radius 1 is 1.73 bits per heavy atom. The molecule has 1 atom stereocenters. The summed E-state index contributed by atoms with van der Waals surface area (Å²) in [7, 11) is 0. The van der Waals surface area contributed by atoms with E-state index in [0.29, 0.717) is 6.42 Å². The molecular weight excluding hydrogens is 197 g/mol. The second-order valence-electron chi connectivity index (χ2n) is 2.98. The lowest BCUT2D eigenvalue weighted by Gasteiger charge is -2.11. The fourth-order valence-corrected chi connectivity index (χ4v) is 1.03. The lowest BCUT2D eigenvalue weighted by atomic mass is 10.2. The molecule has 0 saturated carbocycles. The third-order valence-corrected chi connectivity index (χ3v) is 1.86. The van der Waals surface area contributed by atoms with E-state index in [1.165, 1.54) is 12.3 Å². The van der Waals surface area contributed by atoms with Crippen molar-refractivity contribution in [1.82, 2.24) is 4.98 Å². The molecule has 15 heavy (non-hydrogen) atoms. The molecule has 1 rings (SSSR count). The highest BCUT2D eigenvalue weighted by atomic mass is 19.1. The third kappa shape index (κ3) is 3.16. The summed E-state index contributed by atoms with van der Waals surface area (Å²) >= 11 is 0. The smallest absolute Gasteiger partial charge is 0.340 e. The van der Waals surface area contributed by atoms with Crippen molar-refractivity contribution in [3.05, 3.63) is 42.5 Å². The van der Waals surface area contributed by atoms with E-state index in [0.717, 1.165) is 12.3 Å². The van der Waals surface area contributed by atoms with Gasteiger partial charge in [-0.1, -0.05) is 19.6 Å². The van der Waals surface area contributed by atoms with Crippen LogP contribution in [0.25, 0.3) is 0 Å². The summed E-state index contributed by atoms with van der Waals surface area (Å²) in [5, 5.41) is 0. The number of hydrogen-bond acceptors (Lipinski definition) is 3. The topological polar surface area (TPSA) is 39.2 Å². The van der Waals surface area contributed by atoms with E-state index in [1.807, 2.05) is 6.92 Å². The Labute approximate surface area is 87.6 Å². The Hall–Kier alpha value is -1.71. The van der Waals surface area contributed by atoms with Gasteiger partial charge in [0.1, 0.15) is 11.9 Å². The van der Waals surface area contributed by atoms with Gasteiger partial charge in [0, 0.05) is 6.20 Å². The number of ether oxygens (including phenoxy) is 1. The van der Waals surface area contributed by atoms with Gasteiger partial charge in [0.15, 0.2) is 0 Å². The van der Waals surface area contributed by atoms with Crippen LogP contribution in [0.2, 0.25) is 0 Å². The summed E-state index contributed by atoms with van der Waals surface area (Å²) in [6, 6.07) is 1.09. The van der Waals surface area contributed by atoms with E-state index < -0.39 is 11.8 Å². The van der Waals surface area contributed by atoms with E-state index in [4.69, 9.17) is 4.74 Å². The van der Waals surface area contributed by atoms with Gasteiger partial charge in [-0.25, -0.2) is 9.18 Å². The number of hydrogen-bond donors (Lipinski definition) is 0. The molecule has 3 nitrogen and oxygen atoms in total. The lowest BCUT2D eigenvalue weighted by molar-refractivity contribution is 0.0388. The van der Waals surface area contributed by atoms with Crippen LogP contribution >= 0.6 is 0 Å². The van der Waals surface area contributed by atoms with Crippen LogP contribution < -0.4 is 0 Å². The van der Waals surface area contributed by atoms with Crippen LogP contribution in [0.4, 0.5) is 4.39 Å². The average molecular weight is 209 g/mol. The van der Waals surface area contributed by atoms with E-state index >= 15 is 0 Å². The van der Waals surface area contributed by atoms with E-state index in [2.05, 4.69) is 11.6 Å². The molecule has 0 radical (unpaired) electrons. The molecule has 0 N–H and O–H groups in total. The normalized spacial score (nSPS) is 11.9. The third-order valence-electron chi connectivity index (χ3n) is 1.86. The average Bonchev–Trinajstić information content (AvgIpc) is 2.25. The van der Waals surface area contributed by atoms with Crippen LogP contribution in [0.5, 0.6) is 0 Å². The molecule has 0 aliphatic carbocycles. The van der Waals surface area contributed by atoms with Gasteiger partial charge in [0.2, 0.25) is 0 Å². The highest BCUT2D eigenvalue weighted by Crippen LogP contribution is 2.07. The van der Waals surface area contributed by atoms with E-state index in [9.17, 15) is 9.18 Å². The molecule has 0 spiro atoms. The zero-order valence-electron chi connectivity index (χ0n) is 8.44. The molecule has 0 aliphatic rings. The molecule has 1 aromatic heterocycles. The van der Waals surface area contributed by atoms with Crippen molar-refractivity contribution >= 4 is 5.97 Å². The fraction of sp³-hybridized carbons (Fsp3) is 0.273. The Morgan fingerprint density at radius 2 is 2.47 bits per heavy atom. The number of carbonyl (C=O) groups is 1. The van der Waals surface area contributed by atoms with Gasteiger partial charge in [-0.05, 0) is 12.5 Å². The minimum atomic E-state index is -0.589. The van der Waals surface area contributed by atoms with Gasteiger partial charge >= 0.3 is 5.97 Å². The Balaban J connectivity index is 2.72. The van der Waals surface area contributed by atoms with Crippen molar-refractivity contribution in [2.24, 2.45) is 0 Å².